The van der Waals surface area contributed by atoms with Crippen LogP contribution in [0.15, 0.2) is 42.5 Å². The molecule has 2 aromatic rings. The van der Waals surface area contributed by atoms with E-state index >= 15 is 0 Å². The van der Waals surface area contributed by atoms with Gasteiger partial charge in [-0.15, -0.1) is 0 Å². The van der Waals surface area contributed by atoms with Crippen molar-refractivity contribution < 1.29 is 4.79 Å². The molecule has 0 saturated carbocycles. The normalized spacial score (nSPS) is 10.0. The number of carbonyl (C=O) groups excluding carboxylic acids is 1. The van der Waals surface area contributed by atoms with E-state index in [1.54, 1.807) is 25.1 Å². The molecule has 3 nitrogen and oxygen atoms in total. The van der Waals surface area contributed by atoms with Crippen LogP contribution in [0, 0.1) is 18.3 Å². The molecule has 0 radical (unpaired) electrons. The molecule has 21 heavy (non-hydrogen) atoms. The second-order valence-corrected chi connectivity index (χ2v) is 4.98. The van der Waals surface area contributed by atoms with Crippen molar-refractivity contribution >= 4 is 17.2 Å². The molecule has 2 rings (SSSR count). The molecule has 0 aliphatic rings. The Labute approximate surface area is 125 Å². The van der Waals surface area contributed by atoms with Crippen LogP contribution < -0.4 is 4.90 Å². The summed E-state index contributed by atoms with van der Waals surface area (Å²) in [5.74, 6) is 0.0000477. The van der Waals surface area contributed by atoms with E-state index in [-0.39, 0.29) is 5.78 Å². The average molecular weight is 278 g/mol. The first-order chi connectivity index (χ1) is 10.1. The molecule has 0 unspecified atom stereocenters. The van der Waals surface area contributed by atoms with Crippen LogP contribution >= 0.6 is 0 Å². The number of hydrogen-bond acceptors (Lipinski definition) is 3. The van der Waals surface area contributed by atoms with Gasteiger partial charge in [-0.25, -0.2) is 0 Å². The van der Waals surface area contributed by atoms with Crippen molar-refractivity contribution in [3.63, 3.8) is 0 Å². The summed E-state index contributed by atoms with van der Waals surface area (Å²) in [6.45, 7) is 6.34. The molecule has 0 aromatic heterocycles. The standard InChI is InChI=1S/C18H18N2O/c1-4-20(16-8-5-13(2)6-9-16)18-11-15(12-19)7-10-17(18)14(3)21/h5-11H,4H2,1-3H3. The van der Waals surface area contributed by atoms with Gasteiger partial charge in [-0.05, 0) is 51.1 Å². The molecule has 0 aliphatic heterocycles. The predicted molar refractivity (Wildman–Crippen MR) is 85.0 cm³/mol. The van der Waals surface area contributed by atoms with E-state index in [1.807, 2.05) is 38.1 Å². The second kappa shape index (κ2) is 6.23. The van der Waals surface area contributed by atoms with Crippen LogP contribution in [0.4, 0.5) is 11.4 Å². The molecule has 0 fully saturated rings. The van der Waals surface area contributed by atoms with Gasteiger partial charge in [0.1, 0.15) is 0 Å². The summed E-state index contributed by atoms with van der Waals surface area (Å²) in [4.78, 5) is 13.9. The third-order valence-electron chi connectivity index (χ3n) is 3.46. The van der Waals surface area contributed by atoms with Crippen molar-refractivity contribution in [1.29, 1.82) is 5.26 Å². The molecule has 0 saturated heterocycles. The monoisotopic (exact) mass is 278 g/mol. The SMILES string of the molecule is CCN(c1ccc(C)cc1)c1cc(C#N)ccc1C(C)=O. The maximum absolute atomic E-state index is 11.9. The Balaban J connectivity index is 2.58. The molecule has 0 spiro atoms. The predicted octanol–water partition coefficient (Wildman–Crippen LogP) is 4.23. The average Bonchev–Trinajstić information content (AvgIpc) is 2.49. The molecular weight excluding hydrogens is 260 g/mol. The van der Waals surface area contributed by atoms with Crippen molar-refractivity contribution in [3.8, 4) is 6.07 Å². The first kappa shape index (κ1) is 14.8. The molecule has 0 bridgehead atoms. The quantitative estimate of drug-likeness (QED) is 0.786. The summed E-state index contributed by atoms with van der Waals surface area (Å²) in [5, 5.41) is 9.10. The molecule has 0 N–H and O–H groups in total. The number of nitriles is 1. The Morgan fingerprint density at radius 2 is 1.86 bits per heavy atom. The molecule has 3 heteroatoms. The topological polar surface area (TPSA) is 44.1 Å². The molecule has 0 aliphatic carbocycles. The molecule has 2 aromatic carbocycles. The minimum atomic E-state index is 0.0000477. The van der Waals surface area contributed by atoms with Crippen LogP contribution in [-0.2, 0) is 0 Å². The lowest BCUT2D eigenvalue weighted by Crippen LogP contribution is -2.19. The van der Waals surface area contributed by atoms with E-state index in [2.05, 4.69) is 11.0 Å². The third kappa shape index (κ3) is 3.11. The molecule has 0 amide bonds. The highest BCUT2D eigenvalue weighted by molar-refractivity contribution is 6.00. The number of rotatable bonds is 4. The van der Waals surface area contributed by atoms with E-state index in [0.717, 1.165) is 17.9 Å². The first-order valence-corrected chi connectivity index (χ1v) is 6.96. The summed E-state index contributed by atoms with van der Waals surface area (Å²) < 4.78 is 0. The van der Waals surface area contributed by atoms with Gasteiger partial charge in [0.2, 0.25) is 0 Å². The fourth-order valence-corrected chi connectivity index (χ4v) is 2.34. The highest BCUT2D eigenvalue weighted by Gasteiger charge is 2.15. The van der Waals surface area contributed by atoms with Crippen LogP contribution in [0.3, 0.4) is 0 Å². The van der Waals surface area contributed by atoms with Gasteiger partial charge >= 0.3 is 0 Å². The van der Waals surface area contributed by atoms with Crippen LogP contribution in [0.25, 0.3) is 0 Å². The van der Waals surface area contributed by atoms with Crippen molar-refractivity contribution in [3.05, 3.63) is 59.2 Å². The van der Waals surface area contributed by atoms with E-state index < -0.39 is 0 Å². The van der Waals surface area contributed by atoms with Gasteiger partial charge in [-0.3, -0.25) is 4.79 Å². The second-order valence-electron chi connectivity index (χ2n) is 4.98. The Morgan fingerprint density at radius 1 is 1.19 bits per heavy atom. The highest BCUT2D eigenvalue weighted by atomic mass is 16.1. The Morgan fingerprint density at radius 3 is 2.38 bits per heavy atom. The summed E-state index contributed by atoms with van der Waals surface area (Å²) >= 11 is 0. The van der Waals surface area contributed by atoms with Crippen LogP contribution in [0.2, 0.25) is 0 Å². The van der Waals surface area contributed by atoms with Gasteiger partial charge in [0.05, 0.1) is 17.3 Å². The van der Waals surface area contributed by atoms with Crippen molar-refractivity contribution in [2.45, 2.75) is 20.8 Å². The smallest absolute Gasteiger partial charge is 0.161 e. The van der Waals surface area contributed by atoms with Gasteiger partial charge < -0.3 is 4.90 Å². The van der Waals surface area contributed by atoms with Gasteiger partial charge in [-0.1, -0.05) is 17.7 Å². The number of hydrogen-bond donors (Lipinski definition) is 0. The molecular formula is C18H18N2O. The lowest BCUT2D eigenvalue weighted by atomic mass is 10.0. The van der Waals surface area contributed by atoms with E-state index in [1.165, 1.54) is 5.56 Å². The number of carbonyl (C=O) groups is 1. The van der Waals surface area contributed by atoms with Crippen molar-refractivity contribution in [1.82, 2.24) is 0 Å². The molecule has 0 heterocycles. The lowest BCUT2D eigenvalue weighted by Gasteiger charge is -2.25. The fraction of sp³-hybridized carbons (Fsp3) is 0.222. The zero-order valence-electron chi connectivity index (χ0n) is 12.6. The van der Waals surface area contributed by atoms with Gasteiger partial charge in [0, 0.05) is 17.8 Å². The fourth-order valence-electron chi connectivity index (χ4n) is 2.34. The summed E-state index contributed by atoms with van der Waals surface area (Å²) in [7, 11) is 0. The Hall–Kier alpha value is -2.60. The number of nitrogens with zero attached hydrogens (tertiary/aromatic N) is 2. The zero-order valence-corrected chi connectivity index (χ0v) is 12.6. The number of aryl methyl sites for hydroxylation is 1. The van der Waals surface area contributed by atoms with Crippen molar-refractivity contribution in [2.24, 2.45) is 0 Å². The summed E-state index contributed by atoms with van der Waals surface area (Å²) in [5.41, 5.74) is 4.18. The van der Waals surface area contributed by atoms with Gasteiger partial charge in [0.15, 0.2) is 5.78 Å². The lowest BCUT2D eigenvalue weighted by molar-refractivity contribution is 0.101. The van der Waals surface area contributed by atoms with Gasteiger partial charge in [-0.2, -0.15) is 5.26 Å². The summed E-state index contributed by atoms with van der Waals surface area (Å²) in [6, 6.07) is 15.5. The molecule has 106 valence electrons. The Kier molecular flexibility index (Phi) is 4.39. The first-order valence-electron chi connectivity index (χ1n) is 6.96. The van der Waals surface area contributed by atoms with Crippen LogP contribution in [0.1, 0.15) is 35.3 Å². The van der Waals surface area contributed by atoms with Crippen molar-refractivity contribution in [2.75, 3.05) is 11.4 Å². The number of anilines is 2. The maximum Gasteiger partial charge on any atom is 0.161 e. The minimum Gasteiger partial charge on any atom is -0.341 e. The van der Waals surface area contributed by atoms with E-state index in [9.17, 15) is 4.79 Å². The largest absolute Gasteiger partial charge is 0.341 e. The van der Waals surface area contributed by atoms with Crippen LogP contribution in [0.5, 0.6) is 0 Å². The van der Waals surface area contributed by atoms with Crippen LogP contribution in [-0.4, -0.2) is 12.3 Å². The Bertz CT molecular complexity index is 696. The van der Waals surface area contributed by atoms with E-state index in [0.29, 0.717) is 11.1 Å². The third-order valence-corrected chi connectivity index (χ3v) is 3.46. The maximum atomic E-state index is 11.9. The zero-order chi connectivity index (χ0) is 15.4. The number of benzene rings is 2. The van der Waals surface area contributed by atoms with E-state index in [4.69, 9.17) is 5.26 Å². The number of ketones is 1. The minimum absolute atomic E-state index is 0.0000477. The highest BCUT2D eigenvalue weighted by Crippen LogP contribution is 2.30. The number of Topliss-reactive ketones (excluding diaryl/α,β-unsaturated/α-hetero) is 1. The molecule has 0 atom stereocenters. The van der Waals surface area contributed by atoms with Gasteiger partial charge in [0.25, 0.3) is 0 Å². The summed E-state index contributed by atoms with van der Waals surface area (Å²) in [6.07, 6.45) is 0.